The van der Waals surface area contributed by atoms with Crippen molar-refractivity contribution in [2.75, 3.05) is 24.6 Å². The summed E-state index contributed by atoms with van der Waals surface area (Å²) in [7, 11) is 0. The van der Waals surface area contributed by atoms with Crippen LogP contribution in [0.25, 0.3) is 33.0 Å². The molecular weight excluding hydrogens is 591 g/mol. The van der Waals surface area contributed by atoms with Crippen molar-refractivity contribution in [3.05, 3.63) is 82.9 Å². The number of halogens is 4. The minimum Gasteiger partial charge on any atom is -0.507 e. The Bertz CT molecular complexity index is 1840. The summed E-state index contributed by atoms with van der Waals surface area (Å²) in [6, 6.07) is 5.81. The van der Waals surface area contributed by atoms with E-state index in [1.54, 1.807) is 17.2 Å². The molecule has 44 heavy (non-hydrogen) atoms. The fraction of sp³-hybridized carbons (Fsp3) is 0.294. The minimum absolute atomic E-state index is 0.0488. The van der Waals surface area contributed by atoms with Crippen LogP contribution in [0.2, 0.25) is 5.02 Å². The molecule has 228 valence electrons. The average molecular weight is 622 g/mol. The van der Waals surface area contributed by atoms with Crippen LogP contribution in [-0.2, 0) is 4.79 Å². The van der Waals surface area contributed by atoms with E-state index in [1.807, 2.05) is 32.6 Å². The SMILES string of the molecule is C=CC(=O)N1CC2COc3c(Cl)c(-c4c(C)ccnc4C(C)C)c4c(F)c(-c5c(O)cccc5F)c(F)cc4c3N2CC1C. The quantitative estimate of drug-likeness (QED) is 0.236. The maximum absolute atomic E-state index is 17.1. The number of nitrogens with zero attached hydrogens (tertiary/aromatic N) is 3. The van der Waals surface area contributed by atoms with Crippen LogP contribution in [0.4, 0.5) is 18.9 Å². The Balaban J connectivity index is 1.74. The Morgan fingerprint density at radius 1 is 1.14 bits per heavy atom. The van der Waals surface area contributed by atoms with E-state index in [9.17, 15) is 9.90 Å². The van der Waals surface area contributed by atoms with Crippen molar-refractivity contribution >= 4 is 34.0 Å². The van der Waals surface area contributed by atoms with Gasteiger partial charge in [-0.3, -0.25) is 9.78 Å². The molecule has 1 amide bonds. The summed E-state index contributed by atoms with van der Waals surface area (Å²) in [6.07, 6.45) is 2.92. The summed E-state index contributed by atoms with van der Waals surface area (Å²) in [6.45, 7) is 12.1. The normalized spacial score (nSPS) is 17.8. The molecular formula is C34H31ClF3N3O3. The molecule has 0 aliphatic carbocycles. The molecule has 1 fully saturated rings. The fourth-order valence-corrected chi connectivity index (χ4v) is 6.87. The average Bonchev–Trinajstić information content (AvgIpc) is 2.98. The van der Waals surface area contributed by atoms with Crippen LogP contribution in [0.1, 0.15) is 37.9 Å². The molecule has 0 radical (unpaired) electrons. The Morgan fingerprint density at radius 3 is 2.57 bits per heavy atom. The molecule has 10 heteroatoms. The van der Waals surface area contributed by atoms with Crippen molar-refractivity contribution in [3.63, 3.8) is 0 Å². The second-order valence-corrected chi connectivity index (χ2v) is 12.1. The van der Waals surface area contributed by atoms with Gasteiger partial charge in [0.15, 0.2) is 5.75 Å². The molecule has 3 aromatic carbocycles. The van der Waals surface area contributed by atoms with Crippen LogP contribution in [0.5, 0.6) is 11.5 Å². The molecule has 2 aliphatic rings. The number of piperazine rings is 1. The third-order valence-electron chi connectivity index (χ3n) is 8.59. The topological polar surface area (TPSA) is 65.9 Å². The first-order valence-electron chi connectivity index (χ1n) is 14.4. The van der Waals surface area contributed by atoms with Crippen LogP contribution in [-0.4, -0.2) is 52.7 Å². The first-order valence-corrected chi connectivity index (χ1v) is 14.8. The van der Waals surface area contributed by atoms with E-state index >= 15 is 13.2 Å². The van der Waals surface area contributed by atoms with E-state index in [1.165, 1.54) is 18.2 Å². The number of phenolic OH excluding ortho intramolecular Hbond substituents is 1. The number of fused-ring (bicyclic) bond motifs is 5. The van der Waals surface area contributed by atoms with Crippen LogP contribution in [0, 0.1) is 24.4 Å². The van der Waals surface area contributed by atoms with Gasteiger partial charge in [-0.15, -0.1) is 0 Å². The van der Waals surface area contributed by atoms with E-state index in [0.29, 0.717) is 30.0 Å². The number of amides is 1. The lowest BCUT2D eigenvalue weighted by Crippen LogP contribution is -2.61. The number of benzene rings is 3. The van der Waals surface area contributed by atoms with Gasteiger partial charge < -0.3 is 19.6 Å². The number of pyridine rings is 1. The number of carbonyl (C=O) groups excluding carboxylic acids is 1. The van der Waals surface area contributed by atoms with E-state index in [-0.39, 0.29) is 57.6 Å². The van der Waals surface area contributed by atoms with Gasteiger partial charge in [-0.1, -0.05) is 38.1 Å². The second kappa shape index (κ2) is 11.0. The van der Waals surface area contributed by atoms with Gasteiger partial charge in [0.2, 0.25) is 5.91 Å². The summed E-state index contributed by atoms with van der Waals surface area (Å²) in [5.74, 6) is -3.77. The molecule has 2 atom stereocenters. The number of ether oxygens (including phenoxy) is 1. The van der Waals surface area contributed by atoms with Gasteiger partial charge in [0.05, 0.1) is 33.6 Å². The Morgan fingerprint density at radius 2 is 1.89 bits per heavy atom. The van der Waals surface area contributed by atoms with Crippen molar-refractivity contribution in [2.24, 2.45) is 0 Å². The zero-order valence-electron chi connectivity index (χ0n) is 24.7. The lowest BCUT2D eigenvalue weighted by atomic mass is 9.86. The largest absolute Gasteiger partial charge is 0.507 e. The number of aromatic hydroxyl groups is 1. The molecule has 6 rings (SSSR count). The maximum atomic E-state index is 17.1. The zero-order valence-corrected chi connectivity index (χ0v) is 25.5. The summed E-state index contributed by atoms with van der Waals surface area (Å²) in [5.41, 5.74) is 1.30. The smallest absolute Gasteiger partial charge is 0.246 e. The highest BCUT2D eigenvalue weighted by Gasteiger charge is 2.41. The lowest BCUT2D eigenvalue weighted by molar-refractivity contribution is -0.129. The fourth-order valence-electron chi connectivity index (χ4n) is 6.54. The van der Waals surface area contributed by atoms with E-state index in [2.05, 4.69) is 11.6 Å². The first kappa shape index (κ1) is 29.8. The summed E-state index contributed by atoms with van der Waals surface area (Å²) in [4.78, 5) is 20.8. The highest BCUT2D eigenvalue weighted by molar-refractivity contribution is 6.38. The molecule has 3 heterocycles. The zero-order chi connectivity index (χ0) is 31.6. The highest BCUT2D eigenvalue weighted by atomic mass is 35.5. The van der Waals surface area contributed by atoms with Crippen molar-refractivity contribution in [1.82, 2.24) is 9.88 Å². The molecule has 2 aliphatic heterocycles. The molecule has 4 aromatic rings. The van der Waals surface area contributed by atoms with E-state index in [0.717, 1.165) is 17.7 Å². The number of anilines is 1. The van der Waals surface area contributed by atoms with Crippen molar-refractivity contribution < 1.29 is 27.8 Å². The third kappa shape index (κ3) is 4.48. The molecule has 6 nitrogen and oxygen atoms in total. The van der Waals surface area contributed by atoms with Gasteiger partial charge in [0.1, 0.15) is 29.8 Å². The van der Waals surface area contributed by atoms with Gasteiger partial charge in [-0.05, 0) is 55.7 Å². The monoisotopic (exact) mass is 621 g/mol. The second-order valence-electron chi connectivity index (χ2n) is 11.7. The lowest BCUT2D eigenvalue weighted by Gasteiger charge is -2.49. The number of aryl methyl sites for hydroxylation is 1. The number of hydrogen-bond acceptors (Lipinski definition) is 5. The molecule has 1 saturated heterocycles. The molecule has 0 saturated carbocycles. The van der Waals surface area contributed by atoms with Crippen molar-refractivity contribution in [2.45, 2.75) is 45.7 Å². The molecule has 2 unspecified atom stereocenters. The summed E-state index contributed by atoms with van der Waals surface area (Å²) in [5, 5.41) is 10.8. The van der Waals surface area contributed by atoms with Gasteiger partial charge in [0, 0.05) is 47.2 Å². The van der Waals surface area contributed by atoms with Crippen LogP contribution in [0.15, 0.2) is 49.2 Å². The Labute approximate surface area is 258 Å². The van der Waals surface area contributed by atoms with E-state index < -0.39 is 34.3 Å². The molecule has 0 spiro atoms. The Kier molecular flexibility index (Phi) is 7.48. The number of carbonyl (C=O) groups is 1. The maximum Gasteiger partial charge on any atom is 0.246 e. The van der Waals surface area contributed by atoms with Crippen LogP contribution in [0.3, 0.4) is 0 Å². The first-order chi connectivity index (χ1) is 21.0. The number of aromatic nitrogens is 1. The molecule has 0 bridgehead atoms. The van der Waals surface area contributed by atoms with Crippen molar-refractivity contribution in [1.29, 1.82) is 0 Å². The summed E-state index contributed by atoms with van der Waals surface area (Å²) < 4.78 is 54.6. The highest BCUT2D eigenvalue weighted by Crippen LogP contribution is 2.55. The van der Waals surface area contributed by atoms with Crippen LogP contribution >= 0.6 is 11.6 Å². The minimum atomic E-state index is -1.08. The molecule has 1 aromatic heterocycles. The Hall–Kier alpha value is -4.24. The standard InChI is InChI=1S/C34H31ClF3N3O3/c1-6-24(43)40-14-19-15-44-34-30(35)29(25-17(4)10-11-39-32(25)16(2)3)26-20(33(34)41(19)13-18(40)5)12-22(37)28(31(26)38)27-21(36)8-7-9-23(27)42/h6-12,16,18-19,42H,1,13-15H2,2-5H3. The predicted molar refractivity (Wildman–Crippen MR) is 166 cm³/mol. The van der Waals surface area contributed by atoms with Gasteiger partial charge in [-0.25, -0.2) is 13.2 Å². The number of rotatable bonds is 4. The van der Waals surface area contributed by atoms with Crippen LogP contribution < -0.4 is 9.64 Å². The summed E-state index contributed by atoms with van der Waals surface area (Å²) >= 11 is 7.19. The molecule has 1 N–H and O–H groups in total. The number of phenols is 1. The van der Waals surface area contributed by atoms with Gasteiger partial charge in [-0.2, -0.15) is 0 Å². The third-order valence-corrected chi connectivity index (χ3v) is 8.95. The van der Waals surface area contributed by atoms with Gasteiger partial charge >= 0.3 is 0 Å². The van der Waals surface area contributed by atoms with E-state index in [4.69, 9.17) is 16.3 Å². The number of hydrogen-bond donors (Lipinski definition) is 1. The van der Waals surface area contributed by atoms with Crippen molar-refractivity contribution in [3.8, 4) is 33.8 Å². The van der Waals surface area contributed by atoms with Gasteiger partial charge in [0.25, 0.3) is 0 Å². The predicted octanol–water partition coefficient (Wildman–Crippen LogP) is 7.76.